The zero-order chi connectivity index (χ0) is 13.7. The fourth-order valence-electron chi connectivity index (χ4n) is 2.69. The van der Waals surface area contributed by atoms with E-state index in [1.165, 1.54) is 25.7 Å². The third-order valence-corrected chi connectivity index (χ3v) is 5.27. The molecule has 0 spiro atoms. The second kappa shape index (κ2) is 6.96. The lowest BCUT2D eigenvalue weighted by atomic mass is 9.91. The van der Waals surface area contributed by atoms with Crippen LogP contribution in [-0.4, -0.2) is 11.2 Å². The summed E-state index contributed by atoms with van der Waals surface area (Å²) in [5, 5.41) is 0.368. The highest BCUT2D eigenvalue weighted by molar-refractivity contribution is 8.00. The number of hydrogen-bond donors (Lipinski definition) is 2. The standard InChI is InChI=1S/C15H22N2OS/c1-11-6-5-9-13(10-11)19-14(15(18)17-16)12-7-3-2-4-8-12/h2-4,7-8,11,13-14H,5-6,9-10,16H2,1H3,(H,17,18). The average molecular weight is 278 g/mol. The second-order valence-electron chi connectivity index (χ2n) is 5.33. The van der Waals surface area contributed by atoms with Crippen molar-refractivity contribution in [1.29, 1.82) is 0 Å². The first-order chi connectivity index (χ1) is 9.20. The minimum atomic E-state index is -0.193. The van der Waals surface area contributed by atoms with E-state index in [1.54, 1.807) is 11.8 Å². The van der Waals surface area contributed by atoms with Gasteiger partial charge in [-0.2, -0.15) is 0 Å². The van der Waals surface area contributed by atoms with Gasteiger partial charge in [0, 0.05) is 5.25 Å². The van der Waals surface area contributed by atoms with Crippen molar-refractivity contribution in [2.24, 2.45) is 11.8 Å². The molecule has 4 heteroatoms. The molecule has 19 heavy (non-hydrogen) atoms. The van der Waals surface area contributed by atoms with E-state index in [0.717, 1.165) is 11.5 Å². The molecule has 0 saturated heterocycles. The van der Waals surface area contributed by atoms with Crippen LogP contribution < -0.4 is 11.3 Å². The van der Waals surface area contributed by atoms with Crippen LogP contribution in [0.4, 0.5) is 0 Å². The van der Waals surface area contributed by atoms with Gasteiger partial charge in [-0.05, 0) is 24.3 Å². The Kier molecular flexibility index (Phi) is 5.28. The van der Waals surface area contributed by atoms with Crippen LogP contribution in [0.5, 0.6) is 0 Å². The maximum Gasteiger partial charge on any atom is 0.251 e. The first-order valence-electron chi connectivity index (χ1n) is 6.91. The van der Waals surface area contributed by atoms with Crippen molar-refractivity contribution < 1.29 is 4.79 Å². The van der Waals surface area contributed by atoms with Crippen LogP contribution in [0.3, 0.4) is 0 Å². The number of carbonyl (C=O) groups is 1. The van der Waals surface area contributed by atoms with Crippen LogP contribution in [0, 0.1) is 5.92 Å². The summed E-state index contributed by atoms with van der Waals surface area (Å²) in [7, 11) is 0. The first kappa shape index (κ1) is 14.4. The summed E-state index contributed by atoms with van der Waals surface area (Å²) in [4.78, 5) is 12.0. The molecule has 0 radical (unpaired) electrons. The molecule has 1 fully saturated rings. The molecule has 3 unspecified atom stereocenters. The molecule has 1 saturated carbocycles. The third kappa shape index (κ3) is 3.98. The third-order valence-electron chi connectivity index (χ3n) is 3.70. The summed E-state index contributed by atoms with van der Waals surface area (Å²) in [6.07, 6.45) is 4.99. The number of nitrogens with two attached hydrogens (primary N) is 1. The Morgan fingerprint density at radius 2 is 2.11 bits per heavy atom. The Bertz CT molecular complexity index is 410. The maximum atomic E-state index is 12.0. The molecule has 0 aromatic heterocycles. The van der Waals surface area contributed by atoms with Gasteiger partial charge in [0.25, 0.3) is 5.91 Å². The van der Waals surface area contributed by atoms with E-state index in [2.05, 4.69) is 12.3 Å². The van der Waals surface area contributed by atoms with E-state index in [0.29, 0.717) is 5.25 Å². The van der Waals surface area contributed by atoms with Crippen LogP contribution >= 0.6 is 11.8 Å². The molecule has 0 heterocycles. The van der Waals surface area contributed by atoms with Gasteiger partial charge in [0.1, 0.15) is 5.25 Å². The van der Waals surface area contributed by atoms with Gasteiger partial charge >= 0.3 is 0 Å². The van der Waals surface area contributed by atoms with Crippen LogP contribution in [0.25, 0.3) is 0 Å². The smallest absolute Gasteiger partial charge is 0.251 e. The lowest BCUT2D eigenvalue weighted by Gasteiger charge is -2.29. The normalized spacial score (nSPS) is 24.7. The molecule has 1 aliphatic carbocycles. The van der Waals surface area contributed by atoms with Gasteiger partial charge in [-0.25, -0.2) is 5.84 Å². The topological polar surface area (TPSA) is 55.1 Å². The fourth-order valence-corrected chi connectivity index (χ4v) is 4.32. The lowest BCUT2D eigenvalue weighted by Crippen LogP contribution is -2.34. The highest BCUT2D eigenvalue weighted by atomic mass is 32.2. The van der Waals surface area contributed by atoms with E-state index < -0.39 is 0 Å². The number of hydrazine groups is 1. The zero-order valence-corrected chi connectivity index (χ0v) is 12.2. The maximum absolute atomic E-state index is 12.0. The highest BCUT2D eigenvalue weighted by Gasteiger charge is 2.27. The molecule has 3 nitrogen and oxygen atoms in total. The van der Waals surface area contributed by atoms with Gasteiger partial charge in [0.2, 0.25) is 0 Å². The Morgan fingerprint density at radius 3 is 2.74 bits per heavy atom. The van der Waals surface area contributed by atoms with Crippen molar-refractivity contribution in [1.82, 2.24) is 5.43 Å². The number of rotatable bonds is 4. The predicted molar refractivity (Wildman–Crippen MR) is 80.5 cm³/mol. The number of carbonyl (C=O) groups excluding carboxylic acids is 1. The number of thioether (sulfide) groups is 1. The van der Waals surface area contributed by atoms with Gasteiger partial charge < -0.3 is 0 Å². The minimum absolute atomic E-state index is 0.102. The molecular formula is C15H22N2OS. The second-order valence-corrected chi connectivity index (χ2v) is 6.74. The summed E-state index contributed by atoms with van der Waals surface area (Å²) in [5.41, 5.74) is 3.34. The zero-order valence-electron chi connectivity index (χ0n) is 11.3. The summed E-state index contributed by atoms with van der Waals surface area (Å²) < 4.78 is 0. The van der Waals surface area contributed by atoms with Crippen molar-refractivity contribution >= 4 is 17.7 Å². The fraction of sp³-hybridized carbons (Fsp3) is 0.533. The van der Waals surface area contributed by atoms with Crippen molar-refractivity contribution in [3.63, 3.8) is 0 Å². The summed E-state index contributed by atoms with van der Waals surface area (Å²) >= 11 is 1.76. The van der Waals surface area contributed by atoms with Gasteiger partial charge in [0.05, 0.1) is 0 Å². The first-order valence-corrected chi connectivity index (χ1v) is 7.86. The van der Waals surface area contributed by atoms with Gasteiger partial charge in [-0.3, -0.25) is 10.2 Å². The van der Waals surface area contributed by atoms with E-state index in [4.69, 9.17) is 5.84 Å². The predicted octanol–water partition coefficient (Wildman–Crippen LogP) is 3.03. The summed E-state index contributed by atoms with van der Waals surface area (Å²) in [6.45, 7) is 2.30. The van der Waals surface area contributed by atoms with Gasteiger partial charge in [-0.15, -0.1) is 11.8 Å². The Morgan fingerprint density at radius 1 is 1.37 bits per heavy atom. The Balaban J connectivity index is 2.08. The molecular weight excluding hydrogens is 256 g/mol. The SMILES string of the molecule is CC1CCCC(SC(C(=O)NN)c2ccccc2)C1. The average Bonchev–Trinajstić information content (AvgIpc) is 2.45. The molecule has 0 aliphatic heterocycles. The molecule has 3 N–H and O–H groups in total. The molecule has 104 valence electrons. The summed E-state index contributed by atoms with van der Waals surface area (Å²) in [5.74, 6) is 5.99. The van der Waals surface area contributed by atoms with Crippen LogP contribution in [0.2, 0.25) is 0 Å². The van der Waals surface area contributed by atoms with Crippen molar-refractivity contribution in [3.8, 4) is 0 Å². The number of amides is 1. The monoisotopic (exact) mass is 278 g/mol. The molecule has 1 aromatic rings. The number of hydrogen-bond acceptors (Lipinski definition) is 3. The highest BCUT2D eigenvalue weighted by Crippen LogP contribution is 2.40. The van der Waals surface area contributed by atoms with E-state index in [1.807, 2.05) is 30.3 Å². The van der Waals surface area contributed by atoms with Gasteiger partial charge in [0.15, 0.2) is 0 Å². The molecule has 1 amide bonds. The van der Waals surface area contributed by atoms with Crippen molar-refractivity contribution in [3.05, 3.63) is 35.9 Å². The van der Waals surface area contributed by atoms with E-state index in [-0.39, 0.29) is 11.2 Å². The minimum Gasteiger partial charge on any atom is -0.293 e. The van der Waals surface area contributed by atoms with Crippen LogP contribution in [0.15, 0.2) is 30.3 Å². The van der Waals surface area contributed by atoms with Crippen molar-refractivity contribution in [2.75, 3.05) is 0 Å². The molecule has 2 rings (SSSR count). The van der Waals surface area contributed by atoms with Crippen molar-refractivity contribution in [2.45, 2.75) is 43.1 Å². The van der Waals surface area contributed by atoms with Crippen LogP contribution in [0.1, 0.15) is 43.4 Å². The molecule has 1 aromatic carbocycles. The number of benzene rings is 1. The molecule has 0 bridgehead atoms. The van der Waals surface area contributed by atoms with Gasteiger partial charge in [-0.1, -0.05) is 50.1 Å². The van der Waals surface area contributed by atoms with Crippen LogP contribution in [-0.2, 0) is 4.79 Å². The quantitative estimate of drug-likeness (QED) is 0.505. The molecule has 3 atom stereocenters. The molecule has 1 aliphatic rings. The Labute approximate surface area is 119 Å². The van der Waals surface area contributed by atoms with E-state index in [9.17, 15) is 4.79 Å². The number of nitrogens with one attached hydrogen (secondary N) is 1. The largest absolute Gasteiger partial charge is 0.293 e. The Hall–Kier alpha value is -1.00. The summed E-state index contributed by atoms with van der Waals surface area (Å²) in [6, 6.07) is 9.90. The van der Waals surface area contributed by atoms with E-state index >= 15 is 0 Å². The lowest BCUT2D eigenvalue weighted by molar-refractivity contribution is -0.120.